The monoisotopic (exact) mass is 362 g/mol. The summed E-state index contributed by atoms with van der Waals surface area (Å²) in [5, 5.41) is 9.40. The number of aromatic nitrogens is 2. The Labute approximate surface area is 115 Å². The number of aryl methyl sites for hydroxylation is 1. The van der Waals surface area contributed by atoms with Crippen LogP contribution in [0, 0.1) is 10.5 Å². The summed E-state index contributed by atoms with van der Waals surface area (Å²) in [6, 6.07) is 4.93. The lowest BCUT2D eigenvalue weighted by Crippen LogP contribution is -2.00. The number of carbonyl (C=O) groups is 1. The Kier molecular flexibility index (Phi) is 3.57. The number of carboxylic acids is 1. The molecule has 0 aliphatic heterocycles. The highest BCUT2D eigenvalue weighted by molar-refractivity contribution is 14.1. The quantitative estimate of drug-likeness (QED) is 0.850. The lowest BCUT2D eigenvalue weighted by molar-refractivity contribution is 0.0694. The molecule has 0 radical (unpaired) electrons. The molecule has 7 heteroatoms. The second-order valence-corrected chi connectivity index (χ2v) is 5.12. The van der Waals surface area contributed by atoms with Crippen molar-refractivity contribution in [3.05, 3.63) is 33.2 Å². The minimum atomic E-state index is -1.03. The zero-order valence-corrected chi connectivity index (χ0v) is 11.7. The van der Waals surface area contributed by atoms with Gasteiger partial charge in [-0.15, -0.1) is 0 Å². The maximum Gasteiger partial charge on any atom is 0.339 e. The van der Waals surface area contributed by atoms with Gasteiger partial charge < -0.3 is 9.84 Å². The Hall–Kier alpha value is -1.22. The van der Waals surface area contributed by atoms with Gasteiger partial charge in [0.05, 0.1) is 0 Å². The number of ether oxygens (including phenoxy) is 1. The van der Waals surface area contributed by atoms with Crippen molar-refractivity contribution in [3.63, 3.8) is 0 Å². The highest BCUT2D eigenvalue weighted by Gasteiger charge is 2.14. The van der Waals surface area contributed by atoms with Gasteiger partial charge in [0.2, 0.25) is 0 Å². The lowest BCUT2D eigenvalue weighted by atomic mass is 10.2. The first kappa shape index (κ1) is 12.2. The van der Waals surface area contributed by atoms with E-state index in [-0.39, 0.29) is 11.3 Å². The third-order valence-electron chi connectivity index (χ3n) is 1.88. The van der Waals surface area contributed by atoms with Gasteiger partial charge in [0, 0.05) is 15.1 Å². The van der Waals surface area contributed by atoms with E-state index in [1.807, 2.05) is 22.6 Å². The fraction of sp³-hybridized carbons (Fsp3) is 0.100. The van der Waals surface area contributed by atoms with E-state index in [0.29, 0.717) is 11.0 Å². The number of nitrogens with zero attached hydrogens (tertiary/aromatic N) is 2. The van der Waals surface area contributed by atoms with Gasteiger partial charge in [0.25, 0.3) is 5.19 Å². The van der Waals surface area contributed by atoms with E-state index in [2.05, 4.69) is 9.36 Å². The van der Waals surface area contributed by atoms with Crippen LogP contribution in [-0.4, -0.2) is 20.4 Å². The van der Waals surface area contributed by atoms with Crippen molar-refractivity contribution in [2.75, 3.05) is 0 Å². The predicted octanol–water partition coefficient (Wildman–Crippen LogP) is 2.94. The van der Waals surface area contributed by atoms with Crippen molar-refractivity contribution in [3.8, 4) is 10.9 Å². The van der Waals surface area contributed by atoms with Crippen molar-refractivity contribution >= 4 is 40.1 Å². The summed E-state index contributed by atoms with van der Waals surface area (Å²) >= 11 is 3.14. The molecule has 0 spiro atoms. The van der Waals surface area contributed by atoms with Crippen LogP contribution in [0.15, 0.2) is 18.2 Å². The summed E-state index contributed by atoms with van der Waals surface area (Å²) in [7, 11) is 0. The van der Waals surface area contributed by atoms with Crippen molar-refractivity contribution in [2.45, 2.75) is 6.92 Å². The van der Waals surface area contributed by atoms with Crippen LogP contribution in [-0.2, 0) is 0 Å². The smallest absolute Gasteiger partial charge is 0.339 e. The Morgan fingerprint density at radius 2 is 2.29 bits per heavy atom. The second kappa shape index (κ2) is 4.96. The Bertz CT molecular complexity index is 570. The first-order valence-electron chi connectivity index (χ1n) is 4.57. The van der Waals surface area contributed by atoms with Crippen LogP contribution >= 0.6 is 34.1 Å². The molecule has 17 heavy (non-hydrogen) atoms. The minimum Gasteiger partial charge on any atom is -0.478 e. The van der Waals surface area contributed by atoms with Gasteiger partial charge in [0.1, 0.15) is 17.1 Å². The lowest BCUT2D eigenvalue weighted by Gasteiger charge is -2.05. The number of halogens is 1. The van der Waals surface area contributed by atoms with Crippen LogP contribution in [0.2, 0.25) is 0 Å². The molecule has 2 aromatic rings. The molecule has 0 amide bonds. The molecule has 88 valence electrons. The van der Waals surface area contributed by atoms with Crippen LogP contribution in [0.1, 0.15) is 16.2 Å². The standard InChI is InChI=1S/C10H7IN2O3S/c1-5-12-10(17-13-5)16-8-3-2-6(11)4-7(8)9(14)15/h2-4H,1H3,(H,14,15). The minimum absolute atomic E-state index is 0.116. The SMILES string of the molecule is Cc1nsc(Oc2ccc(I)cc2C(=O)O)n1. The Balaban J connectivity index is 2.35. The van der Waals surface area contributed by atoms with Crippen molar-refractivity contribution in [1.82, 2.24) is 9.36 Å². The van der Waals surface area contributed by atoms with E-state index < -0.39 is 5.97 Å². The Morgan fingerprint density at radius 1 is 1.53 bits per heavy atom. The van der Waals surface area contributed by atoms with Crippen molar-refractivity contribution in [1.29, 1.82) is 0 Å². The van der Waals surface area contributed by atoms with Crippen LogP contribution in [0.5, 0.6) is 10.9 Å². The molecule has 2 rings (SSSR count). The van der Waals surface area contributed by atoms with Gasteiger partial charge in [-0.25, -0.2) is 4.79 Å². The number of hydrogen-bond donors (Lipinski definition) is 1. The average Bonchev–Trinajstić information content (AvgIpc) is 2.66. The number of rotatable bonds is 3. The van der Waals surface area contributed by atoms with Crippen LogP contribution in [0.25, 0.3) is 0 Å². The molecular weight excluding hydrogens is 355 g/mol. The molecule has 1 aromatic heterocycles. The average molecular weight is 362 g/mol. The van der Waals surface area contributed by atoms with Gasteiger partial charge >= 0.3 is 5.97 Å². The summed E-state index contributed by atoms with van der Waals surface area (Å²) in [4.78, 5) is 15.1. The van der Waals surface area contributed by atoms with Gasteiger partial charge in [-0.05, 0) is 47.7 Å². The normalized spacial score (nSPS) is 10.2. The molecule has 0 saturated carbocycles. The second-order valence-electron chi connectivity index (χ2n) is 3.16. The van der Waals surface area contributed by atoms with E-state index in [1.54, 1.807) is 25.1 Å². The molecule has 0 bridgehead atoms. The number of aromatic carboxylic acids is 1. The fourth-order valence-corrected chi connectivity index (χ4v) is 2.21. The number of carboxylic acid groups (broad SMARTS) is 1. The molecule has 1 heterocycles. The molecule has 0 unspecified atom stereocenters. The summed E-state index contributed by atoms with van der Waals surface area (Å²) < 4.78 is 10.2. The maximum absolute atomic E-state index is 11.1. The summed E-state index contributed by atoms with van der Waals surface area (Å²) in [5.41, 5.74) is 0.116. The molecular formula is C10H7IN2O3S. The van der Waals surface area contributed by atoms with Crippen LogP contribution in [0.4, 0.5) is 0 Å². The number of benzene rings is 1. The van der Waals surface area contributed by atoms with Crippen LogP contribution < -0.4 is 4.74 Å². The molecule has 1 N–H and O–H groups in total. The predicted molar refractivity (Wildman–Crippen MR) is 70.8 cm³/mol. The number of hydrogen-bond acceptors (Lipinski definition) is 5. The molecule has 0 aliphatic rings. The van der Waals surface area contributed by atoms with E-state index in [4.69, 9.17) is 9.84 Å². The van der Waals surface area contributed by atoms with E-state index in [9.17, 15) is 4.79 Å². The Morgan fingerprint density at radius 3 is 2.88 bits per heavy atom. The van der Waals surface area contributed by atoms with Crippen molar-refractivity contribution in [2.24, 2.45) is 0 Å². The van der Waals surface area contributed by atoms with E-state index in [0.717, 1.165) is 15.1 Å². The van der Waals surface area contributed by atoms with Gasteiger partial charge in [-0.1, -0.05) is 0 Å². The molecule has 0 fully saturated rings. The largest absolute Gasteiger partial charge is 0.478 e. The summed E-state index contributed by atoms with van der Waals surface area (Å²) in [6.07, 6.45) is 0. The van der Waals surface area contributed by atoms with E-state index in [1.165, 1.54) is 0 Å². The van der Waals surface area contributed by atoms with Gasteiger partial charge in [-0.3, -0.25) is 0 Å². The van der Waals surface area contributed by atoms with Gasteiger partial charge in [0.15, 0.2) is 0 Å². The summed E-state index contributed by atoms with van der Waals surface area (Å²) in [6.45, 7) is 1.75. The maximum atomic E-state index is 11.1. The third-order valence-corrected chi connectivity index (χ3v) is 3.24. The molecule has 1 aromatic carbocycles. The zero-order valence-electron chi connectivity index (χ0n) is 8.68. The van der Waals surface area contributed by atoms with E-state index >= 15 is 0 Å². The zero-order chi connectivity index (χ0) is 12.4. The molecule has 5 nitrogen and oxygen atoms in total. The van der Waals surface area contributed by atoms with Crippen molar-refractivity contribution < 1.29 is 14.6 Å². The van der Waals surface area contributed by atoms with Gasteiger partial charge in [-0.2, -0.15) is 9.36 Å². The molecule has 0 aliphatic carbocycles. The molecule has 0 saturated heterocycles. The highest BCUT2D eigenvalue weighted by Crippen LogP contribution is 2.27. The highest BCUT2D eigenvalue weighted by atomic mass is 127. The topological polar surface area (TPSA) is 72.3 Å². The molecule has 0 atom stereocenters. The van der Waals surface area contributed by atoms with Crippen LogP contribution in [0.3, 0.4) is 0 Å². The third kappa shape index (κ3) is 2.91. The first-order chi connectivity index (χ1) is 8.06. The first-order valence-corrected chi connectivity index (χ1v) is 6.42. The summed E-state index contributed by atoms with van der Waals surface area (Å²) in [5.74, 6) is -0.152. The fourth-order valence-electron chi connectivity index (χ4n) is 1.17.